The summed E-state index contributed by atoms with van der Waals surface area (Å²) in [7, 11) is 0. The summed E-state index contributed by atoms with van der Waals surface area (Å²) in [6, 6.07) is 6.81. The van der Waals surface area contributed by atoms with Crippen LogP contribution in [-0.4, -0.2) is 22.6 Å². The quantitative estimate of drug-likeness (QED) is 0.795. The molecule has 0 fully saturated rings. The highest BCUT2D eigenvalue weighted by Crippen LogP contribution is 2.16. The van der Waals surface area contributed by atoms with Gasteiger partial charge in [0.25, 0.3) is 0 Å². The standard InChI is InChI=1S/C13H17BrN2O3/c1-8(9-4-6-10(14)7-5-9)15-12(19)16-13(2,3)11(17)18/h4-8H,1-3H3,(H,17,18)(H2,15,16,19). The van der Waals surface area contributed by atoms with Crippen molar-refractivity contribution in [2.75, 3.05) is 0 Å². The molecule has 0 saturated heterocycles. The van der Waals surface area contributed by atoms with Gasteiger partial charge in [0.2, 0.25) is 0 Å². The van der Waals surface area contributed by atoms with Crippen molar-refractivity contribution in [3.8, 4) is 0 Å². The predicted octanol–water partition coefficient (Wildman–Crippen LogP) is 2.67. The monoisotopic (exact) mass is 328 g/mol. The van der Waals surface area contributed by atoms with Crippen molar-refractivity contribution >= 4 is 27.9 Å². The number of carbonyl (C=O) groups is 2. The van der Waals surface area contributed by atoms with E-state index in [0.717, 1.165) is 10.0 Å². The zero-order valence-electron chi connectivity index (χ0n) is 11.0. The van der Waals surface area contributed by atoms with Gasteiger partial charge in [-0.1, -0.05) is 28.1 Å². The normalized spacial score (nSPS) is 12.6. The molecule has 19 heavy (non-hydrogen) atoms. The van der Waals surface area contributed by atoms with E-state index in [-0.39, 0.29) is 6.04 Å². The van der Waals surface area contributed by atoms with Crippen molar-refractivity contribution in [3.63, 3.8) is 0 Å². The molecule has 0 aromatic heterocycles. The molecular weight excluding hydrogens is 312 g/mol. The number of rotatable bonds is 4. The van der Waals surface area contributed by atoms with E-state index in [0.29, 0.717) is 0 Å². The summed E-state index contributed by atoms with van der Waals surface area (Å²) < 4.78 is 0.958. The molecule has 0 radical (unpaired) electrons. The Morgan fingerprint density at radius 3 is 2.26 bits per heavy atom. The first-order valence-corrected chi connectivity index (χ1v) is 6.59. The number of hydrogen-bond donors (Lipinski definition) is 3. The lowest BCUT2D eigenvalue weighted by Gasteiger charge is -2.23. The summed E-state index contributed by atoms with van der Waals surface area (Å²) in [4.78, 5) is 22.6. The molecule has 6 heteroatoms. The van der Waals surface area contributed by atoms with Gasteiger partial charge in [-0.2, -0.15) is 0 Å². The van der Waals surface area contributed by atoms with E-state index in [1.165, 1.54) is 13.8 Å². The van der Waals surface area contributed by atoms with E-state index in [2.05, 4.69) is 26.6 Å². The smallest absolute Gasteiger partial charge is 0.328 e. The molecule has 0 aliphatic carbocycles. The van der Waals surface area contributed by atoms with Crippen LogP contribution >= 0.6 is 15.9 Å². The lowest BCUT2D eigenvalue weighted by molar-refractivity contribution is -0.142. The number of carbonyl (C=O) groups excluding carboxylic acids is 1. The van der Waals surface area contributed by atoms with Gasteiger partial charge >= 0.3 is 12.0 Å². The van der Waals surface area contributed by atoms with Gasteiger partial charge in [-0.05, 0) is 38.5 Å². The number of carboxylic acids is 1. The topological polar surface area (TPSA) is 78.4 Å². The maximum Gasteiger partial charge on any atom is 0.328 e. The lowest BCUT2D eigenvalue weighted by atomic mass is 10.1. The first-order valence-electron chi connectivity index (χ1n) is 5.80. The van der Waals surface area contributed by atoms with E-state index in [1.807, 2.05) is 31.2 Å². The largest absolute Gasteiger partial charge is 0.480 e. The van der Waals surface area contributed by atoms with Crippen molar-refractivity contribution < 1.29 is 14.7 Å². The first-order chi connectivity index (χ1) is 8.72. The van der Waals surface area contributed by atoms with Gasteiger partial charge < -0.3 is 15.7 Å². The van der Waals surface area contributed by atoms with Crippen LogP contribution in [0.15, 0.2) is 28.7 Å². The minimum atomic E-state index is -1.30. The summed E-state index contributed by atoms with van der Waals surface area (Å²) in [5.74, 6) is -1.08. The number of aliphatic carboxylic acids is 1. The van der Waals surface area contributed by atoms with E-state index >= 15 is 0 Å². The Balaban J connectivity index is 2.62. The van der Waals surface area contributed by atoms with Crippen molar-refractivity contribution in [1.82, 2.24) is 10.6 Å². The Morgan fingerprint density at radius 2 is 1.79 bits per heavy atom. The van der Waals surface area contributed by atoms with Gasteiger partial charge in [0.15, 0.2) is 0 Å². The van der Waals surface area contributed by atoms with Crippen molar-refractivity contribution in [2.45, 2.75) is 32.4 Å². The average molecular weight is 329 g/mol. The molecule has 2 amide bonds. The number of nitrogens with one attached hydrogen (secondary N) is 2. The summed E-state index contributed by atoms with van der Waals surface area (Å²) in [5, 5.41) is 14.0. The fourth-order valence-corrected chi connectivity index (χ4v) is 1.67. The van der Waals surface area contributed by atoms with Gasteiger partial charge in [0.1, 0.15) is 5.54 Å². The number of hydrogen-bond acceptors (Lipinski definition) is 2. The average Bonchev–Trinajstić information content (AvgIpc) is 2.28. The Bertz CT molecular complexity index is 471. The molecule has 1 atom stereocenters. The second-order valence-electron chi connectivity index (χ2n) is 4.80. The SMILES string of the molecule is CC(NC(=O)NC(C)(C)C(=O)O)c1ccc(Br)cc1. The molecule has 0 aliphatic rings. The molecular formula is C13H17BrN2O3. The third kappa shape index (κ3) is 4.55. The van der Waals surface area contributed by atoms with Crippen molar-refractivity contribution in [2.24, 2.45) is 0 Å². The van der Waals surface area contributed by atoms with Crippen LogP contribution in [0.25, 0.3) is 0 Å². The predicted molar refractivity (Wildman–Crippen MR) is 75.9 cm³/mol. The molecule has 104 valence electrons. The number of amides is 2. The third-order valence-electron chi connectivity index (χ3n) is 2.68. The van der Waals surface area contributed by atoms with Crippen LogP contribution in [0.3, 0.4) is 0 Å². The van der Waals surface area contributed by atoms with E-state index in [1.54, 1.807) is 0 Å². The number of benzene rings is 1. The molecule has 0 aliphatic heterocycles. The Hall–Kier alpha value is -1.56. The molecule has 1 rings (SSSR count). The van der Waals surface area contributed by atoms with Gasteiger partial charge in [-0.3, -0.25) is 0 Å². The fourth-order valence-electron chi connectivity index (χ4n) is 1.40. The minimum Gasteiger partial charge on any atom is -0.480 e. The molecule has 0 bridgehead atoms. The van der Waals surface area contributed by atoms with Crippen LogP contribution in [0.2, 0.25) is 0 Å². The highest BCUT2D eigenvalue weighted by Gasteiger charge is 2.29. The van der Waals surface area contributed by atoms with Crippen LogP contribution in [0.4, 0.5) is 4.79 Å². The summed E-state index contributed by atoms with van der Waals surface area (Å²) in [5.41, 5.74) is -0.366. The Morgan fingerprint density at radius 1 is 1.26 bits per heavy atom. The minimum absolute atomic E-state index is 0.210. The van der Waals surface area contributed by atoms with Crippen LogP contribution in [0.5, 0.6) is 0 Å². The maximum absolute atomic E-state index is 11.7. The molecule has 0 spiro atoms. The second-order valence-corrected chi connectivity index (χ2v) is 5.72. The van der Waals surface area contributed by atoms with E-state index < -0.39 is 17.5 Å². The van der Waals surface area contributed by atoms with Crippen LogP contribution in [0, 0.1) is 0 Å². The lowest BCUT2D eigenvalue weighted by Crippen LogP contribution is -2.53. The van der Waals surface area contributed by atoms with Crippen LogP contribution in [-0.2, 0) is 4.79 Å². The van der Waals surface area contributed by atoms with Crippen molar-refractivity contribution in [3.05, 3.63) is 34.3 Å². The van der Waals surface area contributed by atoms with Crippen molar-refractivity contribution in [1.29, 1.82) is 0 Å². The highest BCUT2D eigenvalue weighted by atomic mass is 79.9. The number of carboxylic acid groups (broad SMARTS) is 1. The molecule has 1 aromatic rings. The molecule has 3 N–H and O–H groups in total. The highest BCUT2D eigenvalue weighted by molar-refractivity contribution is 9.10. The number of urea groups is 1. The zero-order chi connectivity index (χ0) is 14.6. The second kappa shape index (κ2) is 6.06. The molecule has 5 nitrogen and oxygen atoms in total. The molecule has 1 unspecified atom stereocenters. The molecule has 0 saturated carbocycles. The van der Waals surface area contributed by atoms with Crippen LogP contribution < -0.4 is 10.6 Å². The van der Waals surface area contributed by atoms with Gasteiger partial charge in [-0.25, -0.2) is 9.59 Å². The van der Waals surface area contributed by atoms with E-state index in [4.69, 9.17) is 5.11 Å². The summed E-state index contributed by atoms with van der Waals surface area (Å²) >= 11 is 3.34. The zero-order valence-corrected chi connectivity index (χ0v) is 12.6. The van der Waals surface area contributed by atoms with Gasteiger partial charge in [0, 0.05) is 4.47 Å². The first kappa shape index (κ1) is 15.5. The summed E-state index contributed by atoms with van der Waals surface area (Å²) in [6.45, 7) is 4.69. The number of halogens is 1. The Labute approximate surface area is 120 Å². The summed E-state index contributed by atoms with van der Waals surface area (Å²) in [6.07, 6.45) is 0. The fraction of sp³-hybridized carbons (Fsp3) is 0.385. The van der Waals surface area contributed by atoms with E-state index in [9.17, 15) is 9.59 Å². The molecule has 0 heterocycles. The maximum atomic E-state index is 11.7. The van der Waals surface area contributed by atoms with Crippen LogP contribution in [0.1, 0.15) is 32.4 Å². The van der Waals surface area contributed by atoms with Gasteiger partial charge in [0.05, 0.1) is 6.04 Å². The molecule has 1 aromatic carbocycles. The third-order valence-corrected chi connectivity index (χ3v) is 3.21. The Kier molecular flexibility index (Phi) is 4.94. The van der Waals surface area contributed by atoms with Gasteiger partial charge in [-0.15, -0.1) is 0 Å².